The number of nitrogens with one attached hydrogen (secondary N) is 2. The van der Waals surface area contributed by atoms with Gasteiger partial charge in [0, 0.05) is 29.3 Å². The number of benzene rings is 2. The molecule has 0 unspecified atom stereocenters. The van der Waals surface area contributed by atoms with Crippen LogP contribution in [0.1, 0.15) is 55.0 Å². The Morgan fingerprint density at radius 1 is 1.09 bits per heavy atom. The maximum Gasteiger partial charge on any atom is 0.335 e. The van der Waals surface area contributed by atoms with Gasteiger partial charge in [0.15, 0.2) is 17.5 Å². The average Bonchev–Trinajstić information content (AvgIpc) is 2.73. The van der Waals surface area contributed by atoms with Gasteiger partial charge in [-0.1, -0.05) is 0 Å². The maximum atomic E-state index is 12.9. The van der Waals surface area contributed by atoms with Gasteiger partial charge in [0.05, 0.1) is 11.1 Å². The van der Waals surface area contributed by atoms with Crippen LogP contribution < -0.4 is 21.5 Å². The molecule has 0 bridgehead atoms. The summed E-state index contributed by atoms with van der Waals surface area (Å²) >= 11 is 0. The fourth-order valence-electron chi connectivity index (χ4n) is 3.28. The highest BCUT2D eigenvalue weighted by Gasteiger charge is 2.33. The summed E-state index contributed by atoms with van der Waals surface area (Å²) in [5.41, 5.74) is 10.1. The maximum absolute atomic E-state index is 12.9. The summed E-state index contributed by atoms with van der Waals surface area (Å²) in [6, 6.07) is 4.64. The van der Waals surface area contributed by atoms with Gasteiger partial charge >= 0.3 is 11.9 Å². The number of phenols is 1. The molecule has 1 aliphatic carbocycles. The number of hydrogen-bond donors (Lipinski definition) is 6. The van der Waals surface area contributed by atoms with Crippen LogP contribution >= 0.6 is 0 Å². The minimum absolute atomic E-state index is 0.0336. The predicted molar refractivity (Wildman–Crippen MR) is 111 cm³/mol. The Bertz CT molecular complexity index is 1160. The third-order valence-corrected chi connectivity index (χ3v) is 4.85. The molecule has 2 aromatic carbocycles. The number of aromatic hydroxyl groups is 1. The number of hydrogen-bond acceptors (Lipinski definition) is 8. The molecule has 0 heterocycles. The Hall–Kier alpha value is -4.25. The number of carboxylic acid groups (broad SMARTS) is 1. The number of esters is 1. The van der Waals surface area contributed by atoms with Crippen molar-refractivity contribution in [3.8, 4) is 11.5 Å². The molecular weight excluding hydrogens is 420 g/mol. The molecule has 1 atom stereocenters. The van der Waals surface area contributed by atoms with Gasteiger partial charge < -0.3 is 31.7 Å². The average molecular weight is 440 g/mol. The fourth-order valence-corrected chi connectivity index (χ4v) is 3.28. The summed E-state index contributed by atoms with van der Waals surface area (Å²) in [5.74, 6) is -4.39. The first-order chi connectivity index (χ1) is 15.1. The normalized spacial score (nSPS) is 13.0. The van der Waals surface area contributed by atoms with Crippen LogP contribution in [0.15, 0.2) is 30.3 Å². The Kier molecular flexibility index (Phi) is 6.21. The van der Waals surface area contributed by atoms with Crippen molar-refractivity contribution in [2.75, 3.05) is 6.54 Å². The van der Waals surface area contributed by atoms with E-state index in [1.54, 1.807) is 0 Å². The zero-order chi connectivity index (χ0) is 23.6. The minimum Gasteiger partial charge on any atom is -0.507 e. The number of carbonyl (C=O) groups excluding carboxylic acids is 3. The Balaban J connectivity index is 1.83. The number of phenolic OH excluding ortho intramolecular Hbond substituents is 1. The van der Waals surface area contributed by atoms with E-state index in [4.69, 9.17) is 26.7 Å². The fraction of sp³-hybridized carbons (Fsp3) is 0.190. The molecule has 0 spiro atoms. The van der Waals surface area contributed by atoms with Gasteiger partial charge in [-0.25, -0.2) is 9.59 Å². The third-order valence-electron chi connectivity index (χ3n) is 4.85. The van der Waals surface area contributed by atoms with Gasteiger partial charge in [-0.2, -0.15) is 0 Å². The van der Waals surface area contributed by atoms with E-state index in [1.165, 1.54) is 12.1 Å². The lowest BCUT2D eigenvalue weighted by Gasteiger charge is -2.20. The molecule has 8 N–H and O–H groups in total. The molecule has 1 aliphatic rings. The number of rotatable bonds is 7. The number of nitrogens with two attached hydrogens (primary N) is 2. The lowest BCUT2D eigenvalue weighted by atomic mass is 9.82. The summed E-state index contributed by atoms with van der Waals surface area (Å²) < 4.78 is 5.17. The lowest BCUT2D eigenvalue weighted by Crippen LogP contribution is -2.36. The van der Waals surface area contributed by atoms with Gasteiger partial charge in [-0.3, -0.25) is 15.0 Å². The van der Waals surface area contributed by atoms with Crippen LogP contribution in [0.3, 0.4) is 0 Å². The van der Waals surface area contributed by atoms with E-state index in [1.807, 2.05) is 0 Å². The van der Waals surface area contributed by atoms with E-state index in [9.17, 15) is 24.3 Å². The topological polar surface area (TPSA) is 206 Å². The third kappa shape index (κ3) is 4.42. The molecule has 0 radical (unpaired) electrons. The molecule has 0 amide bonds. The number of carboxylic acids is 1. The molecule has 2 aromatic rings. The van der Waals surface area contributed by atoms with Gasteiger partial charge in [-0.15, -0.1) is 0 Å². The summed E-state index contributed by atoms with van der Waals surface area (Å²) in [5, 5.41) is 29.1. The van der Waals surface area contributed by atoms with Crippen LogP contribution in [-0.4, -0.2) is 52.3 Å². The smallest absolute Gasteiger partial charge is 0.335 e. The predicted octanol–water partition coefficient (Wildman–Crippen LogP) is 0.362. The van der Waals surface area contributed by atoms with Gasteiger partial charge in [0.25, 0.3) is 0 Å². The molecule has 0 saturated heterocycles. The van der Waals surface area contributed by atoms with Crippen molar-refractivity contribution in [1.82, 2.24) is 5.32 Å². The van der Waals surface area contributed by atoms with Gasteiger partial charge in [-0.05, 0) is 37.1 Å². The van der Waals surface area contributed by atoms with E-state index in [0.29, 0.717) is 13.0 Å². The van der Waals surface area contributed by atoms with E-state index in [2.05, 4.69) is 5.32 Å². The molecule has 3 rings (SSSR count). The zero-order valence-corrected chi connectivity index (χ0v) is 16.7. The molecule has 166 valence electrons. The van der Waals surface area contributed by atoms with E-state index >= 15 is 0 Å². The zero-order valence-electron chi connectivity index (χ0n) is 16.7. The first-order valence-corrected chi connectivity index (χ1v) is 9.49. The monoisotopic (exact) mass is 440 g/mol. The standard InChI is InChI=1S/C21H20N4O7/c22-14(2-1-5-25-21(23)24)20(31)32-10-7-13-16(15(26)8-10)18(28)11-4-3-9(19(29)30)6-12(11)17(13)27/h3-4,6-8,14,26H,1-2,5,22H2,(H,29,30)(H4,23,24,25)/t14-/m0/s1. The van der Waals surface area contributed by atoms with E-state index in [-0.39, 0.29) is 45.9 Å². The van der Waals surface area contributed by atoms with E-state index in [0.717, 1.165) is 18.2 Å². The van der Waals surface area contributed by atoms with Crippen LogP contribution in [0.2, 0.25) is 0 Å². The van der Waals surface area contributed by atoms with E-state index < -0.39 is 35.3 Å². The van der Waals surface area contributed by atoms with Crippen LogP contribution in [-0.2, 0) is 4.79 Å². The SMILES string of the molecule is N=C(N)NCCC[C@H](N)C(=O)Oc1cc(O)c2c(c1)C(=O)c1cc(C(=O)O)ccc1C2=O. The second-order valence-corrected chi connectivity index (χ2v) is 7.10. The Morgan fingerprint density at radius 2 is 1.81 bits per heavy atom. The van der Waals surface area contributed by atoms with Crippen molar-refractivity contribution in [1.29, 1.82) is 5.41 Å². The van der Waals surface area contributed by atoms with Crippen molar-refractivity contribution in [2.45, 2.75) is 18.9 Å². The van der Waals surface area contributed by atoms with Crippen LogP contribution in [0.5, 0.6) is 11.5 Å². The highest BCUT2D eigenvalue weighted by Crippen LogP contribution is 2.36. The number of guanidine groups is 1. The molecular formula is C21H20N4O7. The van der Waals surface area contributed by atoms with Crippen molar-refractivity contribution < 1.29 is 34.1 Å². The first-order valence-electron chi connectivity index (χ1n) is 9.49. The second-order valence-electron chi connectivity index (χ2n) is 7.10. The summed E-state index contributed by atoms with van der Waals surface area (Å²) in [7, 11) is 0. The molecule has 0 aromatic heterocycles. The van der Waals surface area contributed by atoms with Gasteiger partial charge in [0.2, 0.25) is 0 Å². The molecule has 0 fully saturated rings. The summed E-state index contributed by atoms with van der Waals surface area (Å²) in [6.07, 6.45) is 0.653. The highest BCUT2D eigenvalue weighted by atomic mass is 16.5. The molecule has 32 heavy (non-hydrogen) atoms. The summed E-state index contributed by atoms with van der Waals surface area (Å²) in [4.78, 5) is 49.2. The molecule has 0 saturated carbocycles. The highest BCUT2D eigenvalue weighted by molar-refractivity contribution is 6.29. The molecule has 11 nitrogen and oxygen atoms in total. The van der Waals surface area contributed by atoms with Crippen molar-refractivity contribution in [2.24, 2.45) is 11.5 Å². The quantitative estimate of drug-likeness (QED) is 0.0977. The lowest BCUT2D eigenvalue weighted by molar-refractivity contribution is -0.136. The van der Waals surface area contributed by atoms with Crippen LogP contribution in [0, 0.1) is 5.41 Å². The number of fused-ring (bicyclic) bond motifs is 2. The first kappa shape index (κ1) is 22.4. The molecule has 0 aliphatic heterocycles. The Morgan fingerprint density at radius 3 is 2.47 bits per heavy atom. The second kappa shape index (κ2) is 8.86. The van der Waals surface area contributed by atoms with Crippen molar-refractivity contribution in [3.05, 3.63) is 58.1 Å². The number of aromatic carboxylic acids is 1. The number of carbonyl (C=O) groups is 4. The number of ether oxygens (including phenoxy) is 1. The van der Waals surface area contributed by atoms with Crippen LogP contribution in [0.4, 0.5) is 0 Å². The Labute approximate surface area is 181 Å². The van der Waals surface area contributed by atoms with Crippen LogP contribution in [0.25, 0.3) is 0 Å². The van der Waals surface area contributed by atoms with Crippen molar-refractivity contribution >= 4 is 29.5 Å². The summed E-state index contributed by atoms with van der Waals surface area (Å²) in [6.45, 7) is 0.338. The van der Waals surface area contributed by atoms with Gasteiger partial charge in [0.1, 0.15) is 17.5 Å². The largest absolute Gasteiger partial charge is 0.507 e. The molecule has 11 heteroatoms. The van der Waals surface area contributed by atoms with Crippen molar-refractivity contribution in [3.63, 3.8) is 0 Å². The minimum atomic E-state index is -1.27. The number of ketones is 2.